The SMILES string of the molecule is CCNCc1nc2cc(Cl)ccc2s1. The van der Waals surface area contributed by atoms with Gasteiger partial charge in [-0.25, -0.2) is 4.98 Å². The lowest BCUT2D eigenvalue weighted by atomic mass is 10.3. The third-order valence-electron chi connectivity index (χ3n) is 1.92. The molecule has 1 aromatic heterocycles. The molecular weight excluding hydrogens is 216 g/mol. The van der Waals surface area contributed by atoms with E-state index in [0.29, 0.717) is 0 Å². The van der Waals surface area contributed by atoms with Gasteiger partial charge in [0.2, 0.25) is 0 Å². The van der Waals surface area contributed by atoms with Crippen LogP contribution in [0.2, 0.25) is 5.02 Å². The molecule has 0 aliphatic heterocycles. The van der Waals surface area contributed by atoms with Crippen LogP contribution in [0.3, 0.4) is 0 Å². The van der Waals surface area contributed by atoms with Crippen molar-refractivity contribution in [3.05, 3.63) is 28.2 Å². The van der Waals surface area contributed by atoms with Crippen LogP contribution in [0.5, 0.6) is 0 Å². The average Bonchev–Trinajstić information content (AvgIpc) is 2.56. The fourth-order valence-electron chi connectivity index (χ4n) is 1.26. The van der Waals surface area contributed by atoms with E-state index in [4.69, 9.17) is 11.6 Å². The summed E-state index contributed by atoms with van der Waals surface area (Å²) < 4.78 is 1.20. The lowest BCUT2D eigenvalue weighted by Gasteiger charge is -1.93. The molecule has 2 nitrogen and oxygen atoms in total. The van der Waals surface area contributed by atoms with Gasteiger partial charge in [0.05, 0.1) is 10.2 Å². The highest BCUT2D eigenvalue weighted by Gasteiger charge is 2.02. The first-order valence-electron chi connectivity index (χ1n) is 4.55. The van der Waals surface area contributed by atoms with Crippen molar-refractivity contribution in [2.75, 3.05) is 6.54 Å². The molecule has 0 spiro atoms. The van der Waals surface area contributed by atoms with Crippen LogP contribution in [0.1, 0.15) is 11.9 Å². The van der Waals surface area contributed by atoms with Crippen molar-refractivity contribution in [2.24, 2.45) is 0 Å². The zero-order valence-corrected chi connectivity index (χ0v) is 9.45. The monoisotopic (exact) mass is 226 g/mol. The van der Waals surface area contributed by atoms with Crippen molar-refractivity contribution in [2.45, 2.75) is 13.5 Å². The normalized spacial score (nSPS) is 11.0. The van der Waals surface area contributed by atoms with Gasteiger partial charge in [-0.2, -0.15) is 0 Å². The number of nitrogens with zero attached hydrogens (tertiary/aromatic N) is 1. The zero-order chi connectivity index (χ0) is 9.97. The Labute approximate surface area is 91.9 Å². The molecule has 0 saturated carbocycles. The number of fused-ring (bicyclic) bond motifs is 1. The van der Waals surface area contributed by atoms with Gasteiger partial charge in [-0.05, 0) is 24.7 Å². The molecule has 0 bridgehead atoms. The second-order valence-corrected chi connectivity index (χ2v) is 4.55. The summed E-state index contributed by atoms with van der Waals surface area (Å²) in [7, 11) is 0. The summed E-state index contributed by atoms with van der Waals surface area (Å²) in [6.07, 6.45) is 0. The smallest absolute Gasteiger partial charge is 0.108 e. The van der Waals surface area contributed by atoms with Gasteiger partial charge in [0.15, 0.2) is 0 Å². The van der Waals surface area contributed by atoms with E-state index in [1.165, 1.54) is 4.70 Å². The quantitative estimate of drug-likeness (QED) is 0.870. The topological polar surface area (TPSA) is 24.9 Å². The Morgan fingerprint density at radius 1 is 1.50 bits per heavy atom. The number of hydrogen-bond acceptors (Lipinski definition) is 3. The summed E-state index contributed by atoms with van der Waals surface area (Å²) in [6.45, 7) is 3.90. The summed E-state index contributed by atoms with van der Waals surface area (Å²) in [5.41, 5.74) is 0.996. The van der Waals surface area contributed by atoms with Crippen molar-refractivity contribution < 1.29 is 0 Å². The minimum absolute atomic E-state index is 0.748. The van der Waals surface area contributed by atoms with Crippen LogP contribution in [0.15, 0.2) is 18.2 Å². The molecule has 1 aromatic carbocycles. The van der Waals surface area contributed by atoms with Crippen LogP contribution >= 0.6 is 22.9 Å². The third-order valence-corrected chi connectivity index (χ3v) is 3.19. The number of nitrogens with one attached hydrogen (secondary N) is 1. The van der Waals surface area contributed by atoms with E-state index in [1.807, 2.05) is 18.2 Å². The van der Waals surface area contributed by atoms with E-state index in [1.54, 1.807) is 11.3 Å². The fourth-order valence-corrected chi connectivity index (χ4v) is 2.34. The highest BCUT2D eigenvalue weighted by Crippen LogP contribution is 2.24. The van der Waals surface area contributed by atoms with Crippen LogP contribution in [0.4, 0.5) is 0 Å². The number of benzene rings is 1. The highest BCUT2D eigenvalue weighted by atomic mass is 35.5. The minimum atomic E-state index is 0.748. The van der Waals surface area contributed by atoms with Gasteiger partial charge in [0.25, 0.3) is 0 Å². The van der Waals surface area contributed by atoms with Gasteiger partial charge in [-0.3, -0.25) is 0 Å². The molecule has 74 valence electrons. The van der Waals surface area contributed by atoms with Gasteiger partial charge >= 0.3 is 0 Å². The summed E-state index contributed by atoms with van der Waals surface area (Å²) in [6, 6.07) is 5.83. The molecule has 2 rings (SSSR count). The second kappa shape index (κ2) is 4.26. The lowest BCUT2D eigenvalue weighted by molar-refractivity contribution is 0.724. The number of halogens is 1. The van der Waals surface area contributed by atoms with Crippen LogP contribution in [-0.2, 0) is 6.54 Å². The standard InChI is InChI=1S/C10H11ClN2S/c1-2-12-6-10-13-8-5-7(11)3-4-9(8)14-10/h3-5,12H,2,6H2,1H3. The first-order chi connectivity index (χ1) is 6.79. The number of thiazole rings is 1. The number of hydrogen-bond donors (Lipinski definition) is 1. The molecule has 0 atom stereocenters. The predicted molar refractivity (Wildman–Crippen MR) is 62.0 cm³/mol. The molecule has 4 heteroatoms. The maximum absolute atomic E-state index is 5.88. The summed E-state index contributed by atoms with van der Waals surface area (Å²) in [4.78, 5) is 4.48. The van der Waals surface area contributed by atoms with Crippen molar-refractivity contribution in [1.82, 2.24) is 10.3 Å². The fraction of sp³-hybridized carbons (Fsp3) is 0.300. The third kappa shape index (κ3) is 2.05. The molecule has 0 saturated heterocycles. The van der Waals surface area contributed by atoms with E-state index in [2.05, 4.69) is 17.2 Å². The molecule has 0 aliphatic carbocycles. The maximum Gasteiger partial charge on any atom is 0.108 e. The van der Waals surface area contributed by atoms with Crippen LogP contribution < -0.4 is 5.32 Å². The summed E-state index contributed by atoms with van der Waals surface area (Å²) in [5.74, 6) is 0. The molecule has 0 unspecified atom stereocenters. The largest absolute Gasteiger partial charge is 0.311 e. The van der Waals surface area contributed by atoms with Crippen molar-refractivity contribution >= 4 is 33.2 Å². The van der Waals surface area contributed by atoms with Crippen molar-refractivity contribution in [3.63, 3.8) is 0 Å². The molecule has 0 aliphatic rings. The summed E-state index contributed by atoms with van der Waals surface area (Å²) in [5, 5.41) is 5.12. The zero-order valence-electron chi connectivity index (χ0n) is 7.88. The van der Waals surface area contributed by atoms with Crippen LogP contribution in [0.25, 0.3) is 10.2 Å². The Morgan fingerprint density at radius 3 is 3.14 bits per heavy atom. The van der Waals surface area contributed by atoms with Gasteiger partial charge < -0.3 is 5.32 Å². The average molecular weight is 227 g/mol. The van der Waals surface area contributed by atoms with E-state index >= 15 is 0 Å². The number of aromatic nitrogens is 1. The van der Waals surface area contributed by atoms with Gasteiger partial charge in [-0.15, -0.1) is 11.3 Å². The Morgan fingerprint density at radius 2 is 2.36 bits per heavy atom. The van der Waals surface area contributed by atoms with Crippen LogP contribution in [0, 0.1) is 0 Å². The Hall–Kier alpha value is -0.640. The van der Waals surface area contributed by atoms with E-state index < -0.39 is 0 Å². The Bertz CT molecular complexity index is 439. The molecular formula is C10H11ClN2S. The number of rotatable bonds is 3. The van der Waals surface area contributed by atoms with E-state index in [-0.39, 0.29) is 0 Å². The molecule has 14 heavy (non-hydrogen) atoms. The maximum atomic E-state index is 5.88. The second-order valence-electron chi connectivity index (χ2n) is 3.00. The predicted octanol–water partition coefficient (Wildman–Crippen LogP) is 3.06. The molecule has 1 N–H and O–H groups in total. The highest BCUT2D eigenvalue weighted by molar-refractivity contribution is 7.18. The van der Waals surface area contributed by atoms with Gasteiger partial charge in [-0.1, -0.05) is 18.5 Å². The first kappa shape index (κ1) is 9.90. The molecule has 1 heterocycles. The van der Waals surface area contributed by atoms with Crippen LogP contribution in [-0.4, -0.2) is 11.5 Å². The van der Waals surface area contributed by atoms with Crippen molar-refractivity contribution in [3.8, 4) is 0 Å². The lowest BCUT2D eigenvalue weighted by Crippen LogP contribution is -2.11. The molecule has 0 amide bonds. The van der Waals surface area contributed by atoms with E-state index in [0.717, 1.165) is 28.6 Å². The Kier molecular flexibility index (Phi) is 3.01. The molecule has 2 aromatic rings. The minimum Gasteiger partial charge on any atom is -0.311 e. The molecule has 0 radical (unpaired) electrons. The first-order valence-corrected chi connectivity index (χ1v) is 5.74. The van der Waals surface area contributed by atoms with E-state index in [9.17, 15) is 0 Å². The summed E-state index contributed by atoms with van der Waals surface area (Å²) >= 11 is 7.59. The molecule has 0 fully saturated rings. The Balaban J connectivity index is 2.32. The van der Waals surface area contributed by atoms with Gasteiger partial charge in [0.1, 0.15) is 5.01 Å². The van der Waals surface area contributed by atoms with Gasteiger partial charge in [0, 0.05) is 11.6 Å². The van der Waals surface area contributed by atoms with Crippen molar-refractivity contribution in [1.29, 1.82) is 0 Å².